The van der Waals surface area contributed by atoms with E-state index in [4.69, 9.17) is 44.8 Å². The van der Waals surface area contributed by atoms with Gasteiger partial charge in [-0.3, -0.25) is 0 Å². The summed E-state index contributed by atoms with van der Waals surface area (Å²) in [6.07, 6.45) is 0. The molecule has 2 rings (SSSR count). The molecule has 0 saturated carbocycles. The quantitative estimate of drug-likeness (QED) is 0.732. The highest BCUT2D eigenvalue weighted by molar-refractivity contribution is 6.43. The van der Waals surface area contributed by atoms with Crippen LogP contribution in [-0.4, -0.2) is 4.98 Å². The van der Waals surface area contributed by atoms with Crippen LogP contribution in [0.4, 0.5) is 0 Å². The molecule has 0 N–H and O–H groups in total. The summed E-state index contributed by atoms with van der Waals surface area (Å²) in [5, 5.41) is 9.88. The fraction of sp³-hybridized carbons (Fsp3) is 0.0769. The molecule has 0 saturated heterocycles. The Morgan fingerprint density at radius 1 is 1.05 bits per heavy atom. The first-order valence-electron chi connectivity index (χ1n) is 5.21. The number of rotatable bonds is 2. The van der Waals surface area contributed by atoms with Gasteiger partial charge in [-0.15, -0.1) is 0 Å². The number of benzene rings is 1. The number of hydrogen-bond acceptors (Lipinski definition) is 3. The van der Waals surface area contributed by atoms with Crippen molar-refractivity contribution in [3.63, 3.8) is 0 Å². The number of nitriles is 1. The molecule has 96 valence electrons. The van der Waals surface area contributed by atoms with E-state index in [0.717, 1.165) is 0 Å². The Balaban J connectivity index is 2.39. The molecule has 3 nitrogen and oxygen atoms in total. The standard InChI is InChI=1S/C13H7Cl3N2O/c1-7-2-8(6-17)3-13(18-7)19-12-5-10(15)9(14)4-11(12)16/h2-5H,1H3. The Morgan fingerprint density at radius 3 is 2.42 bits per heavy atom. The molecular weight excluding hydrogens is 307 g/mol. The molecule has 0 aliphatic heterocycles. The van der Waals surface area contributed by atoms with Gasteiger partial charge in [0.05, 0.1) is 26.7 Å². The Labute approximate surface area is 125 Å². The molecule has 0 amide bonds. The lowest BCUT2D eigenvalue weighted by atomic mass is 10.2. The van der Waals surface area contributed by atoms with E-state index in [1.54, 1.807) is 13.0 Å². The third kappa shape index (κ3) is 3.30. The van der Waals surface area contributed by atoms with Gasteiger partial charge in [0.2, 0.25) is 5.88 Å². The number of ether oxygens (including phenoxy) is 1. The summed E-state index contributed by atoms with van der Waals surface area (Å²) in [5.74, 6) is 0.606. The van der Waals surface area contributed by atoms with Gasteiger partial charge >= 0.3 is 0 Å². The molecule has 6 heteroatoms. The van der Waals surface area contributed by atoms with Crippen LogP contribution in [0.2, 0.25) is 15.1 Å². The highest BCUT2D eigenvalue weighted by Crippen LogP contribution is 2.36. The number of aromatic nitrogens is 1. The van der Waals surface area contributed by atoms with Crippen molar-refractivity contribution in [2.75, 3.05) is 0 Å². The Kier molecular flexibility index (Phi) is 4.16. The van der Waals surface area contributed by atoms with Crippen LogP contribution in [-0.2, 0) is 0 Å². The third-order valence-electron chi connectivity index (χ3n) is 2.25. The van der Waals surface area contributed by atoms with E-state index in [1.165, 1.54) is 18.2 Å². The van der Waals surface area contributed by atoms with Crippen LogP contribution >= 0.6 is 34.8 Å². The molecule has 0 radical (unpaired) electrons. The van der Waals surface area contributed by atoms with Gasteiger partial charge in [0.15, 0.2) is 0 Å². The highest BCUT2D eigenvalue weighted by Gasteiger charge is 2.10. The zero-order valence-electron chi connectivity index (χ0n) is 9.75. The summed E-state index contributed by atoms with van der Waals surface area (Å²) < 4.78 is 5.53. The maximum atomic E-state index is 8.89. The van der Waals surface area contributed by atoms with Crippen molar-refractivity contribution >= 4 is 34.8 Å². The van der Waals surface area contributed by atoms with Crippen LogP contribution in [0, 0.1) is 18.3 Å². The van der Waals surface area contributed by atoms with Crippen LogP contribution in [0.1, 0.15) is 11.3 Å². The van der Waals surface area contributed by atoms with Crippen molar-refractivity contribution in [2.45, 2.75) is 6.92 Å². The highest BCUT2D eigenvalue weighted by atomic mass is 35.5. The zero-order chi connectivity index (χ0) is 14.0. The van der Waals surface area contributed by atoms with Gasteiger partial charge in [-0.1, -0.05) is 34.8 Å². The average Bonchev–Trinajstić information content (AvgIpc) is 2.35. The summed E-state index contributed by atoms with van der Waals surface area (Å²) in [5.41, 5.74) is 1.13. The number of pyridine rings is 1. The summed E-state index contributed by atoms with van der Waals surface area (Å²) in [7, 11) is 0. The second-order valence-corrected chi connectivity index (χ2v) is 4.97. The lowest BCUT2D eigenvalue weighted by Crippen LogP contribution is -1.92. The zero-order valence-corrected chi connectivity index (χ0v) is 12.0. The second kappa shape index (κ2) is 5.66. The molecular formula is C13H7Cl3N2O. The van der Waals surface area contributed by atoms with Crippen molar-refractivity contribution in [1.82, 2.24) is 4.98 Å². The molecule has 0 spiro atoms. The number of hydrogen-bond donors (Lipinski definition) is 0. The fourth-order valence-corrected chi connectivity index (χ4v) is 2.03. The van der Waals surface area contributed by atoms with E-state index < -0.39 is 0 Å². The molecule has 0 unspecified atom stereocenters. The molecule has 19 heavy (non-hydrogen) atoms. The van der Waals surface area contributed by atoms with E-state index >= 15 is 0 Å². The van der Waals surface area contributed by atoms with Gasteiger partial charge in [0.25, 0.3) is 0 Å². The largest absolute Gasteiger partial charge is 0.437 e. The van der Waals surface area contributed by atoms with Gasteiger partial charge in [-0.2, -0.15) is 5.26 Å². The van der Waals surface area contributed by atoms with E-state index in [-0.39, 0.29) is 5.88 Å². The van der Waals surface area contributed by atoms with Crippen molar-refractivity contribution in [3.05, 3.63) is 50.6 Å². The van der Waals surface area contributed by atoms with Gasteiger partial charge < -0.3 is 4.74 Å². The maximum absolute atomic E-state index is 8.89. The van der Waals surface area contributed by atoms with E-state index in [9.17, 15) is 0 Å². The van der Waals surface area contributed by atoms with Gasteiger partial charge in [0.1, 0.15) is 5.75 Å². The molecule has 0 bridgehead atoms. The predicted molar refractivity (Wildman–Crippen MR) is 75.2 cm³/mol. The summed E-state index contributed by atoms with van der Waals surface area (Å²) >= 11 is 17.7. The van der Waals surface area contributed by atoms with Crippen molar-refractivity contribution < 1.29 is 4.74 Å². The van der Waals surface area contributed by atoms with Crippen LogP contribution in [0.15, 0.2) is 24.3 Å². The first-order chi connectivity index (χ1) is 8.99. The first kappa shape index (κ1) is 14.0. The number of nitrogens with zero attached hydrogens (tertiary/aromatic N) is 2. The maximum Gasteiger partial charge on any atom is 0.220 e. The van der Waals surface area contributed by atoms with Gasteiger partial charge in [0, 0.05) is 17.8 Å². The average molecular weight is 314 g/mol. The normalized spacial score (nSPS) is 10.1. The molecule has 0 aliphatic carbocycles. The second-order valence-electron chi connectivity index (χ2n) is 3.75. The minimum atomic E-state index is 0.275. The smallest absolute Gasteiger partial charge is 0.220 e. The Bertz CT molecular complexity index is 680. The fourth-order valence-electron chi connectivity index (χ4n) is 1.45. The Hall–Kier alpha value is -1.47. The van der Waals surface area contributed by atoms with E-state index in [0.29, 0.717) is 32.1 Å². The van der Waals surface area contributed by atoms with Crippen LogP contribution in [0.25, 0.3) is 0 Å². The molecule has 1 heterocycles. The van der Waals surface area contributed by atoms with Crippen molar-refractivity contribution in [1.29, 1.82) is 5.26 Å². The lowest BCUT2D eigenvalue weighted by Gasteiger charge is -2.09. The van der Waals surface area contributed by atoms with E-state index in [2.05, 4.69) is 4.98 Å². The van der Waals surface area contributed by atoms with Gasteiger partial charge in [-0.25, -0.2) is 4.98 Å². The van der Waals surface area contributed by atoms with E-state index in [1.807, 2.05) is 6.07 Å². The molecule has 0 atom stereocenters. The third-order valence-corrected chi connectivity index (χ3v) is 3.27. The van der Waals surface area contributed by atoms with Crippen LogP contribution in [0.3, 0.4) is 0 Å². The minimum Gasteiger partial charge on any atom is -0.437 e. The van der Waals surface area contributed by atoms with Crippen molar-refractivity contribution in [3.8, 4) is 17.7 Å². The summed E-state index contributed by atoms with van der Waals surface area (Å²) in [4.78, 5) is 4.16. The molecule has 1 aromatic heterocycles. The topological polar surface area (TPSA) is 45.9 Å². The molecule has 1 aromatic carbocycles. The SMILES string of the molecule is Cc1cc(C#N)cc(Oc2cc(Cl)c(Cl)cc2Cl)n1. The molecule has 0 aliphatic rings. The van der Waals surface area contributed by atoms with Crippen molar-refractivity contribution in [2.24, 2.45) is 0 Å². The summed E-state index contributed by atoms with van der Waals surface area (Å²) in [6.45, 7) is 1.77. The number of halogens is 3. The minimum absolute atomic E-state index is 0.275. The monoisotopic (exact) mass is 312 g/mol. The Morgan fingerprint density at radius 2 is 1.74 bits per heavy atom. The lowest BCUT2D eigenvalue weighted by molar-refractivity contribution is 0.462. The predicted octanol–water partition coefficient (Wildman–Crippen LogP) is 5.01. The van der Waals surface area contributed by atoms with Crippen LogP contribution in [0.5, 0.6) is 11.6 Å². The molecule has 2 aromatic rings. The summed E-state index contributed by atoms with van der Waals surface area (Å²) in [6, 6.07) is 8.19. The van der Waals surface area contributed by atoms with Gasteiger partial charge in [-0.05, 0) is 19.1 Å². The number of aryl methyl sites for hydroxylation is 1. The van der Waals surface area contributed by atoms with Crippen LogP contribution < -0.4 is 4.74 Å². The first-order valence-corrected chi connectivity index (χ1v) is 6.34. The molecule has 0 fully saturated rings.